The Labute approximate surface area is 179 Å². The predicted molar refractivity (Wildman–Crippen MR) is 117 cm³/mol. The lowest BCUT2D eigenvalue weighted by atomic mass is 10.0. The Bertz CT molecular complexity index is 1060. The lowest BCUT2D eigenvalue weighted by Gasteiger charge is -2.26. The second kappa shape index (κ2) is 8.35. The third-order valence-electron chi connectivity index (χ3n) is 6.69. The van der Waals surface area contributed by atoms with Crippen molar-refractivity contribution in [2.75, 3.05) is 26.2 Å². The Morgan fingerprint density at radius 2 is 1.43 bits per heavy atom. The van der Waals surface area contributed by atoms with Crippen LogP contribution in [-0.4, -0.2) is 49.7 Å². The van der Waals surface area contributed by atoms with Crippen molar-refractivity contribution in [2.45, 2.75) is 70.6 Å². The number of carbonyl (C=O) groups is 1. The van der Waals surface area contributed by atoms with E-state index in [9.17, 15) is 13.2 Å². The van der Waals surface area contributed by atoms with Crippen LogP contribution in [0.15, 0.2) is 15.4 Å². The molecule has 0 aliphatic carbocycles. The van der Waals surface area contributed by atoms with E-state index in [-0.39, 0.29) is 16.6 Å². The van der Waals surface area contributed by atoms with E-state index in [4.69, 9.17) is 4.42 Å². The van der Waals surface area contributed by atoms with Crippen LogP contribution in [0.2, 0.25) is 0 Å². The highest BCUT2D eigenvalue weighted by atomic mass is 32.2. The molecule has 0 saturated carbocycles. The number of sulfonamides is 1. The summed E-state index contributed by atoms with van der Waals surface area (Å²) in [6.45, 7) is 8.15. The molecule has 2 saturated heterocycles. The summed E-state index contributed by atoms with van der Waals surface area (Å²) in [6, 6.07) is 1.96. The van der Waals surface area contributed by atoms with Crippen LogP contribution < -0.4 is 0 Å². The van der Waals surface area contributed by atoms with E-state index in [2.05, 4.69) is 0 Å². The Hall–Kier alpha value is -1.86. The lowest BCUT2D eigenvalue weighted by Crippen LogP contribution is -2.36. The molecule has 1 amide bonds. The monoisotopic (exact) mass is 432 g/mol. The van der Waals surface area contributed by atoms with E-state index in [1.54, 1.807) is 4.31 Å². The predicted octanol–water partition coefficient (Wildman–Crippen LogP) is 4.55. The van der Waals surface area contributed by atoms with Crippen molar-refractivity contribution in [3.05, 3.63) is 28.5 Å². The normalized spacial score (nSPS) is 19.2. The number of carbonyl (C=O) groups excluding carboxylic acids is 1. The van der Waals surface area contributed by atoms with Crippen molar-refractivity contribution in [1.82, 2.24) is 9.21 Å². The summed E-state index contributed by atoms with van der Waals surface area (Å²) in [5.41, 5.74) is 2.67. The molecule has 6 nitrogen and oxygen atoms in total. The Balaban J connectivity index is 1.84. The van der Waals surface area contributed by atoms with E-state index in [0.29, 0.717) is 24.2 Å². The summed E-state index contributed by atoms with van der Waals surface area (Å²) in [7, 11) is -3.69. The Morgan fingerprint density at radius 1 is 0.867 bits per heavy atom. The van der Waals surface area contributed by atoms with Crippen LogP contribution in [-0.2, 0) is 10.0 Å². The molecule has 164 valence electrons. The number of furan rings is 1. The van der Waals surface area contributed by atoms with Crippen LogP contribution in [0.3, 0.4) is 0 Å². The SMILES string of the molecule is Cc1cc2c(C)c(C(=O)N3CCCCCC3)oc2c(S(=O)(=O)N2CCCCC2)c1C. The van der Waals surface area contributed by atoms with E-state index in [0.717, 1.165) is 74.5 Å². The maximum atomic E-state index is 13.6. The highest BCUT2D eigenvalue weighted by Crippen LogP contribution is 2.37. The number of aryl methyl sites for hydroxylation is 2. The molecular formula is C23H32N2O4S. The smallest absolute Gasteiger partial charge is 0.289 e. The van der Waals surface area contributed by atoms with Gasteiger partial charge in [0.1, 0.15) is 4.90 Å². The molecule has 4 rings (SSSR count). The molecule has 1 aromatic heterocycles. The van der Waals surface area contributed by atoms with E-state index in [1.165, 1.54) is 0 Å². The van der Waals surface area contributed by atoms with E-state index < -0.39 is 10.0 Å². The van der Waals surface area contributed by atoms with Crippen molar-refractivity contribution in [1.29, 1.82) is 0 Å². The summed E-state index contributed by atoms with van der Waals surface area (Å²) in [4.78, 5) is 15.3. The zero-order valence-electron chi connectivity index (χ0n) is 18.3. The number of amides is 1. The van der Waals surface area contributed by atoms with Crippen molar-refractivity contribution >= 4 is 26.9 Å². The molecule has 0 radical (unpaired) electrons. The average Bonchev–Trinajstić information content (AvgIpc) is 2.91. The molecule has 0 spiro atoms. The van der Waals surface area contributed by atoms with Crippen LogP contribution in [0.4, 0.5) is 0 Å². The van der Waals surface area contributed by atoms with Crippen LogP contribution in [0, 0.1) is 20.8 Å². The van der Waals surface area contributed by atoms with Gasteiger partial charge in [-0.3, -0.25) is 4.79 Å². The molecule has 30 heavy (non-hydrogen) atoms. The first kappa shape index (κ1) is 21.4. The number of rotatable bonds is 3. The van der Waals surface area contributed by atoms with Gasteiger partial charge in [-0.05, 0) is 63.6 Å². The molecule has 2 fully saturated rings. The number of hydrogen-bond donors (Lipinski definition) is 0. The van der Waals surface area contributed by atoms with E-state index in [1.807, 2.05) is 31.7 Å². The van der Waals surface area contributed by atoms with Crippen LogP contribution in [0.25, 0.3) is 11.0 Å². The zero-order valence-corrected chi connectivity index (χ0v) is 19.1. The van der Waals surface area contributed by atoms with Crippen molar-refractivity contribution in [3.63, 3.8) is 0 Å². The fourth-order valence-corrected chi connectivity index (χ4v) is 6.64. The summed E-state index contributed by atoms with van der Waals surface area (Å²) in [5, 5.41) is 0.729. The second-order valence-corrected chi connectivity index (χ2v) is 10.6. The van der Waals surface area contributed by atoms with Gasteiger partial charge in [0.2, 0.25) is 10.0 Å². The molecule has 1 aromatic carbocycles. The minimum atomic E-state index is -3.69. The highest BCUT2D eigenvalue weighted by molar-refractivity contribution is 7.89. The molecule has 2 aliphatic rings. The second-order valence-electron chi connectivity index (χ2n) is 8.75. The van der Waals surface area contributed by atoms with Crippen molar-refractivity contribution in [2.24, 2.45) is 0 Å². The van der Waals surface area contributed by atoms with Gasteiger partial charge in [-0.1, -0.05) is 19.3 Å². The minimum absolute atomic E-state index is 0.123. The van der Waals surface area contributed by atoms with Gasteiger partial charge in [0.05, 0.1) is 0 Å². The fraction of sp³-hybridized carbons (Fsp3) is 0.609. The molecule has 0 N–H and O–H groups in total. The quantitative estimate of drug-likeness (QED) is 0.713. The standard InChI is InChI=1S/C23H32N2O4S/c1-16-15-19-18(3)20(23(26)24-11-7-4-5-8-12-24)29-21(19)22(17(16)2)30(27,28)25-13-9-6-10-14-25/h15H,4-14H2,1-3H3. The molecule has 2 aromatic rings. The third-order valence-corrected chi connectivity index (χ3v) is 8.75. The fourth-order valence-electron chi connectivity index (χ4n) is 4.71. The van der Waals surface area contributed by atoms with Gasteiger partial charge in [0.15, 0.2) is 11.3 Å². The minimum Gasteiger partial charge on any atom is -0.449 e. The number of nitrogens with zero attached hydrogens (tertiary/aromatic N) is 2. The largest absolute Gasteiger partial charge is 0.449 e. The molecule has 3 heterocycles. The number of benzene rings is 1. The van der Waals surface area contributed by atoms with Gasteiger partial charge in [-0.2, -0.15) is 4.31 Å². The maximum Gasteiger partial charge on any atom is 0.289 e. The molecule has 2 aliphatic heterocycles. The average molecular weight is 433 g/mol. The first-order valence-electron chi connectivity index (χ1n) is 11.1. The summed E-state index contributed by atoms with van der Waals surface area (Å²) >= 11 is 0. The number of piperidine rings is 1. The van der Waals surface area contributed by atoms with Crippen LogP contribution in [0.5, 0.6) is 0 Å². The first-order valence-corrected chi connectivity index (χ1v) is 12.6. The van der Waals surface area contributed by atoms with Crippen molar-refractivity contribution in [3.8, 4) is 0 Å². The van der Waals surface area contributed by atoms with Gasteiger partial charge in [-0.15, -0.1) is 0 Å². The number of hydrogen-bond acceptors (Lipinski definition) is 4. The third kappa shape index (κ3) is 3.66. The molecule has 0 bridgehead atoms. The number of fused-ring (bicyclic) bond motifs is 1. The Morgan fingerprint density at radius 3 is 2.07 bits per heavy atom. The molecule has 7 heteroatoms. The number of likely N-dealkylation sites (tertiary alicyclic amines) is 1. The molecular weight excluding hydrogens is 400 g/mol. The zero-order chi connectivity index (χ0) is 21.5. The summed E-state index contributed by atoms with van der Waals surface area (Å²) in [5.74, 6) is 0.161. The Kier molecular flexibility index (Phi) is 5.95. The molecule has 0 atom stereocenters. The molecule has 0 unspecified atom stereocenters. The van der Waals surface area contributed by atoms with Gasteiger partial charge >= 0.3 is 0 Å². The topological polar surface area (TPSA) is 70.8 Å². The van der Waals surface area contributed by atoms with Gasteiger partial charge in [0.25, 0.3) is 5.91 Å². The summed E-state index contributed by atoms with van der Waals surface area (Å²) < 4.78 is 34.8. The first-order chi connectivity index (χ1) is 14.3. The lowest BCUT2D eigenvalue weighted by molar-refractivity contribution is 0.0730. The van der Waals surface area contributed by atoms with Crippen LogP contribution in [0.1, 0.15) is 72.2 Å². The summed E-state index contributed by atoms with van der Waals surface area (Å²) in [6.07, 6.45) is 7.09. The maximum absolute atomic E-state index is 13.6. The van der Waals surface area contributed by atoms with Crippen LogP contribution >= 0.6 is 0 Å². The van der Waals surface area contributed by atoms with E-state index >= 15 is 0 Å². The van der Waals surface area contributed by atoms with Gasteiger partial charge in [-0.25, -0.2) is 8.42 Å². The van der Waals surface area contributed by atoms with Crippen molar-refractivity contribution < 1.29 is 17.6 Å². The van der Waals surface area contributed by atoms with Gasteiger partial charge in [0, 0.05) is 37.1 Å². The highest BCUT2D eigenvalue weighted by Gasteiger charge is 2.33. The van der Waals surface area contributed by atoms with Gasteiger partial charge < -0.3 is 9.32 Å².